The molecule has 2 N–H and O–H groups in total. The highest BCUT2D eigenvalue weighted by Gasteiger charge is 2.34. The maximum Gasteiger partial charge on any atom is 0.308 e. The number of nitrogens with zero attached hydrogens (tertiary/aromatic N) is 1. The predicted octanol–water partition coefficient (Wildman–Crippen LogP) is 5.78. The number of rotatable bonds is 18. The molecule has 1 heterocycles. The summed E-state index contributed by atoms with van der Waals surface area (Å²) in [6, 6.07) is 6.08. The molecular formula is C31H49N3O5S. The van der Waals surface area contributed by atoms with E-state index in [-0.39, 0.29) is 17.4 Å². The van der Waals surface area contributed by atoms with Crippen LogP contribution in [0.4, 0.5) is 0 Å². The van der Waals surface area contributed by atoms with E-state index < -0.39 is 17.9 Å². The summed E-state index contributed by atoms with van der Waals surface area (Å²) < 4.78 is 11.2. The second-order valence-electron chi connectivity index (χ2n) is 10.9. The number of thiocarbonyl (C=S) groups is 1. The van der Waals surface area contributed by atoms with Crippen LogP contribution in [0, 0.1) is 5.92 Å². The number of ether oxygens (including phenoxy) is 2. The number of esters is 1. The minimum atomic E-state index is -0.826. The molecule has 1 aliphatic heterocycles. The molecule has 1 saturated heterocycles. The quantitative estimate of drug-likeness (QED) is 0.130. The fraction of sp³-hybridized carbons (Fsp3) is 0.677. The molecule has 2 rings (SSSR count). The van der Waals surface area contributed by atoms with Crippen LogP contribution in [0.15, 0.2) is 24.3 Å². The van der Waals surface area contributed by atoms with E-state index in [1.54, 1.807) is 23.1 Å². The molecule has 0 spiro atoms. The molecule has 1 fully saturated rings. The smallest absolute Gasteiger partial charge is 0.308 e. The van der Waals surface area contributed by atoms with Crippen LogP contribution in [0.25, 0.3) is 0 Å². The number of benzene rings is 1. The average molecular weight is 576 g/mol. The van der Waals surface area contributed by atoms with Gasteiger partial charge in [-0.3, -0.25) is 19.7 Å². The maximum absolute atomic E-state index is 12.9. The van der Waals surface area contributed by atoms with Gasteiger partial charge in [0.1, 0.15) is 11.8 Å². The van der Waals surface area contributed by atoms with E-state index in [0.29, 0.717) is 43.5 Å². The van der Waals surface area contributed by atoms with E-state index in [0.717, 1.165) is 25.7 Å². The standard InChI is InChI=1S/C31H49N3O5S/c1-4-5-6-7-8-9-10-11-12-13-20-39-28(35)23-27-30(37)32-18-19-34(27)31(40)33-29(36)25-15-14-16-26(22-25)38-21-17-24(2)3/h14-16,22,24,27H,4-13,17-21,23H2,1-3H3,(H,32,37)(H,33,36,40). The zero-order chi connectivity index (χ0) is 29.2. The highest BCUT2D eigenvalue weighted by Crippen LogP contribution is 2.16. The molecule has 8 nitrogen and oxygen atoms in total. The summed E-state index contributed by atoms with van der Waals surface area (Å²) in [6.45, 7) is 8.16. The number of piperazine rings is 1. The van der Waals surface area contributed by atoms with Gasteiger partial charge < -0.3 is 19.7 Å². The number of unbranched alkanes of at least 4 members (excludes halogenated alkanes) is 9. The zero-order valence-corrected chi connectivity index (χ0v) is 25.5. The third kappa shape index (κ3) is 13.1. The van der Waals surface area contributed by atoms with Gasteiger partial charge in [-0.2, -0.15) is 0 Å². The number of nitrogens with one attached hydrogen (secondary N) is 2. The zero-order valence-electron chi connectivity index (χ0n) is 24.7. The van der Waals surface area contributed by atoms with Gasteiger partial charge in [-0.05, 0) is 49.2 Å². The van der Waals surface area contributed by atoms with Gasteiger partial charge >= 0.3 is 5.97 Å². The van der Waals surface area contributed by atoms with Gasteiger partial charge in [0.05, 0.1) is 19.6 Å². The summed E-state index contributed by atoms with van der Waals surface area (Å²) in [5.74, 6) is -0.00893. The molecule has 0 radical (unpaired) electrons. The van der Waals surface area contributed by atoms with Crippen molar-refractivity contribution >= 4 is 35.1 Å². The topological polar surface area (TPSA) is 97.0 Å². The molecule has 1 aromatic rings. The molecule has 0 aliphatic carbocycles. The maximum atomic E-state index is 12.9. The SMILES string of the molecule is CCCCCCCCCCCCOC(=O)CC1C(=O)NCCN1C(=S)NC(=O)c1cccc(OCCC(C)C)c1. The van der Waals surface area contributed by atoms with Crippen molar-refractivity contribution in [2.24, 2.45) is 5.92 Å². The molecule has 0 aromatic heterocycles. The van der Waals surface area contributed by atoms with Gasteiger partial charge in [0.15, 0.2) is 5.11 Å². The minimum Gasteiger partial charge on any atom is -0.494 e. The van der Waals surface area contributed by atoms with E-state index in [9.17, 15) is 14.4 Å². The second kappa shape index (κ2) is 19.4. The van der Waals surface area contributed by atoms with Gasteiger partial charge in [-0.1, -0.05) is 84.6 Å². The van der Waals surface area contributed by atoms with Crippen LogP contribution in [0.3, 0.4) is 0 Å². The van der Waals surface area contributed by atoms with E-state index in [2.05, 4.69) is 31.4 Å². The van der Waals surface area contributed by atoms with Crippen molar-refractivity contribution in [2.45, 2.75) is 104 Å². The molecule has 1 atom stereocenters. The fourth-order valence-corrected chi connectivity index (χ4v) is 4.84. The third-order valence-corrected chi connectivity index (χ3v) is 7.33. The fourth-order valence-electron chi connectivity index (χ4n) is 4.53. The lowest BCUT2D eigenvalue weighted by Gasteiger charge is -2.36. The normalized spacial score (nSPS) is 15.1. The van der Waals surface area contributed by atoms with Crippen molar-refractivity contribution in [3.05, 3.63) is 29.8 Å². The number of carbonyl (C=O) groups excluding carboxylic acids is 3. The van der Waals surface area contributed by atoms with Crippen molar-refractivity contribution in [3.63, 3.8) is 0 Å². The Morgan fingerprint density at radius 2 is 1.73 bits per heavy atom. The lowest BCUT2D eigenvalue weighted by molar-refractivity contribution is -0.147. The molecule has 2 amide bonds. The third-order valence-electron chi connectivity index (χ3n) is 6.99. The summed E-state index contributed by atoms with van der Waals surface area (Å²) in [6.07, 6.45) is 12.8. The molecule has 0 saturated carbocycles. The molecule has 224 valence electrons. The Labute approximate surface area is 245 Å². The van der Waals surface area contributed by atoms with Gasteiger partial charge in [0.2, 0.25) is 5.91 Å². The Kier molecular flexibility index (Phi) is 16.3. The molecule has 1 aromatic carbocycles. The van der Waals surface area contributed by atoms with Crippen molar-refractivity contribution < 1.29 is 23.9 Å². The van der Waals surface area contributed by atoms with Crippen LogP contribution in [0.5, 0.6) is 5.75 Å². The highest BCUT2D eigenvalue weighted by molar-refractivity contribution is 7.80. The Hall–Kier alpha value is -2.68. The molecule has 9 heteroatoms. The first-order chi connectivity index (χ1) is 19.3. The summed E-state index contributed by atoms with van der Waals surface area (Å²) in [7, 11) is 0. The van der Waals surface area contributed by atoms with Crippen molar-refractivity contribution in [2.75, 3.05) is 26.3 Å². The van der Waals surface area contributed by atoms with Crippen LogP contribution in [-0.2, 0) is 14.3 Å². The summed E-state index contributed by atoms with van der Waals surface area (Å²) >= 11 is 5.48. The summed E-state index contributed by atoms with van der Waals surface area (Å²) in [5, 5.41) is 5.60. The lowest BCUT2D eigenvalue weighted by atomic mass is 10.1. The highest BCUT2D eigenvalue weighted by atomic mass is 32.1. The molecule has 40 heavy (non-hydrogen) atoms. The Morgan fingerprint density at radius 1 is 1.05 bits per heavy atom. The van der Waals surface area contributed by atoms with Gasteiger partial charge in [-0.25, -0.2) is 0 Å². The number of hydrogen-bond donors (Lipinski definition) is 2. The lowest BCUT2D eigenvalue weighted by Crippen LogP contribution is -2.60. The van der Waals surface area contributed by atoms with Gasteiger partial charge in [-0.15, -0.1) is 0 Å². The van der Waals surface area contributed by atoms with Crippen molar-refractivity contribution in [3.8, 4) is 5.75 Å². The summed E-state index contributed by atoms with van der Waals surface area (Å²) in [5.41, 5.74) is 0.401. The summed E-state index contributed by atoms with van der Waals surface area (Å²) in [4.78, 5) is 39.6. The monoisotopic (exact) mass is 575 g/mol. The molecule has 1 unspecified atom stereocenters. The first-order valence-electron chi connectivity index (χ1n) is 15.1. The van der Waals surface area contributed by atoms with E-state index in [4.69, 9.17) is 21.7 Å². The number of hydrogen-bond acceptors (Lipinski definition) is 6. The van der Waals surface area contributed by atoms with Crippen LogP contribution in [-0.4, -0.2) is 60.1 Å². The number of carbonyl (C=O) groups is 3. The van der Waals surface area contributed by atoms with E-state index in [1.807, 2.05) is 6.07 Å². The first kappa shape index (κ1) is 33.5. The van der Waals surface area contributed by atoms with Crippen LogP contribution < -0.4 is 15.4 Å². The average Bonchev–Trinajstić information content (AvgIpc) is 2.92. The molecular weight excluding hydrogens is 526 g/mol. The minimum absolute atomic E-state index is 0.110. The van der Waals surface area contributed by atoms with Crippen molar-refractivity contribution in [1.29, 1.82) is 0 Å². The van der Waals surface area contributed by atoms with E-state index in [1.165, 1.54) is 44.9 Å². The Morgan fingerprint density at radius 3 is 2.40 bits per heavy atom. The Bertz CT molecular complexity index is 939. The predicted molar refractivity (Wildman–Crippen MR) is 162 cm³/mol. The number of amides is 2. The van der Waals surface area contributed by atoms with E-state index >= 15 is 0 Å². The molecule has 0 bridgehead atoms. The largest absolute Gasteiger partial charge is 0.494 e. The van der Waals surface area contributed by atoms with Gasteiger partial charge in [0.25, 0.3) is 5.91 Å². The molecule has 1 aliphatic rings. The van der Waals surface area contributed by atoms with Gasteiger partial charge in [0, 0.05) is 18.7 Å². The van der Waals surface area contributed by atoms with Crippen molar-refractivity contribution in [1.82, 2.24) is 15.5 Å². The first-order valence-corrected chi connectivity index (χ1v) is 15.5. The van der Waals surface area contributed by atoms with Crippen LogP contribution >= 0.6 is 12.2 Å². The second-order valence-corrected chi connectivity index (χ2v) is 11.3. The van der Waals surface area contributed by atoms with Crippen LogP contribution in [0.2, 0.25) is 0 Å². The van der Waals surface area contributed by atoms with Crippen LogP contribution in [0.1, 0.15) is 108 Å². The Balaban J connectivity index is 1.76.